The highest BCUT2D eigenvalue weighted by Crippen LogP contribution is 2.31. The molecular formula is C29H37N5O3. The van der Waals surface area contributed by atoms with Crippen LogP contribution < -0.4 is 21.1 Å². The number of pyridine rings is 1. The number of anilines is 2. The third-order valence-corrected chi connectivity index (χ3v) is 7.29. The van der Waals surface area contributed by atoms with Gasteiger partial charge in [-0.3, -0.25) is 14.5 Å². The second kappa shape index (κ2) is 11.6. The van der Waals surface area contributed by atoms with Gasteiger partial charge in [-0.05, 0) is 74.6 Å². The number of benzene rings is 2. The lowest BCUT2D eigenvalue weighted by Gasteiger charge is -2.37. The molecule has 196 valence electrons. The van der Waals surface area contributed by atoms with Gasteiger partial charge in [-0.1, -0.05) is 6.07 Å². The Balaban J connectivity index is 0.00000156. The maximum atomic E-state index is 12.6. The molecule has 2 aliphatic rings. The highest BCUT2D eigenvalue weighted by atomic mass is 16.1. The van der Waals surface area contributed by atoms with Gasteiger partial charge in [0.1, 0.15) is 6.79 Å². The van der Waals surface area contributed by atoms with E-state index in [-0.39, 0.29) is 11.5 Å². The molecule has 0 radical (unpaired) electrons. The van der Waals surface area contributed by atoms with Crippen LogP contribution in [0.25, 0.3) is 10.9 Å². The summed E-state index contributed by atoms with van der Waals surface area (Å²) in [5.41, 5.74) is 8.39. The second-order valence-electron chi connectivity index (χ2n) is 9.80. The number of aromatic nitrogens is 1. The van der Waals surface area contributed by atoms with E-state index >= 15 is 0 Å². The van der Waals surface area contributed by atoms with Gasteiger partial charge in [0, 0.05) is 68.0 Å². The minimum absolute atomic E-state index is 0.0183. The number of nitrogens with zero attached hydrogens (tertiary/aromatic N) is 2. The third-order valence-electron chi connectivity index (χ3n) is 7.29. The summed E-state index contributed by atoms with van der Waals surface area (Å²) >= 11 is 0. The minimum atomic E-state index is -0.0183. The van der Waals surface area contributed by atoms with Crippen molar-refractivity contribution in [3.8, 4) is 0 Å². The normalized spacial score (nSPS) is 15.4. The van der Waals surface area contributed by atoms with Gasteiger partial charge in [0.05, 0.1) is 11.2 Å². The number of nitrogens with one attached hydrogen (secondary N) is 3. The van der Waals surface area contributed by atoms with Crippen molar-refractivity contribution in [3.63, 3.8) is 0 Å². The Bertz CT molecular complexity index is 1340. The van der Waals surface area contributed by atoms with E-state index in [2.05, 4.69) is 57.5 Å². The van der Waals surface area contributed by atoms with Crippen molar-refractivity contribution in [2.24, 2.45) is 0 Å². The number of aromatic amines is 1. The average molecular weight is 504 g/mol. The van der Waals surface area contributed by atoms with Crippen LogP contribution in [-0.4, -0.2) is 61.8 Å². The number of carbonyl (C=O) groups is 2. The van der Waals surface area contributed by atoms with Crippen molar-refractivity contribution in [1.82, 2.24) is 15.2 Å². The molecule has 3 N–H and O–H groups in total. The lowest BCUT2D eigenvalue weighted by atomic mass is 9.97. The van der Waals surface area contributed by atoms with Gasteiger partial charge in [0.2, 0.25) is 0 Å². The third kappa shape index (κ3) is 5.54. The van der Waals surface area contributed by atoms with Crippen LogP contribution in [0.3, 0.4) is 0 Å². The summed E-state index contributed by atoms with van der Waals surface area (Å²) in [5.74, 6) is -0.0183. The fourth-order valence-corrected chi connectivity index (χ4v) is 5.58. The maximum absolute atomic E-state index is 12.6. The van der Waals surface area contributed by atoms with Gasteiger partial charge in [-0.15, -0.1) is 0 Å². The first kappa shape index (κ1) is 26.4. The van der Waals surface area contributed by atoms with Crippen LogP contribution in [0.1, 0.15) is 46.0 Å². The van der Waals surface area contributed by atoms with E-state index < -0.39 is 0 Å². The van der Waals surface area contributed by atoms with E-state index in [1.165, 1.54) is 16.8 Å². The quantitative estimate of drug-likeness (QED) is 0.494. The molecule has 3 aromatic rings. The van der Waals surface area contributed by atoms with Crippen molar-refractivity contribution in [1.29, 1.82) is 0 Å². The number of carbonyl (C=O) groups excluding carboxylic acids is 2. The highest BCUT2D eigenvalue weighted by Gasteiger charge is 2.21. The van der Waals surface area contributed by atoms with Crippen LogP contribution in [0.4, 0.5) is 11.4 Å². The number of fused-ring (bicyclic) bond motifs is 3. The molecule has 0 aliphatic carbocycles. The molecule has 8 nitrogen and oxygen atoms in total. The molecule has 0 unspecified atom stereocenters. The first-order valence-corrected chi connectivity index (χ1v) is 13.0. The van der Waals surface area contributed by atoms with E-state index in [0.717, 1.165) is 79.8 Å². The fraction of sp³-hybridized carbons (Fsp3) is 0.414. The smallest absolute Gasteiger partial charge is 0.253 e. The highest BCUT2D eigenvalue weighted by molar-refractivity contribution is 5.96. The number of rotatable bonds is 5. The molecular weight excluding hydrogens is 466 g/mol. The van der Waals surface area contributed by atoms with Crippen LogP contribution in [0.15, 0.2) is 35.1 Å². The fourth-order valence-electron chi connectivity index (χ4n) is 5.58. The summed E-state index contributed by atoms with van der Waals surface area (Å²) in [4.78, 5) is 40.8. The molecule has 5 rings (SSSR count). The molecule has 1 aromatic heterocycles. The Labute approximate surface area is 218 Å². The summed E-state index contributed by atoms with van der Waals surface area (Å²) in [6, 6.07) is 10.4. The number of piperazine rings is 1. The SMILES string of the molecule is C=O.CCNC(=O)c1ccc(N2CCN(Cc3cc(C)c4c5c(c(=O)[nH]c4c3)CCCN5)CC2)c(C)c1. The zero-order chi connectivity index (χ0) is 26.5. The van der Waals surface area contributed by atoms with Crippen molar-refractivity contribution >= 4 is 35.0 Å². The Kier molecular flexibility index (Phi) is 8.28. The lowest BCUT2D eigenvalue weighted by molar-refractivity contribution is -0.0980. The molecule has 1 saturated heterocycles. The summed E-state index contributed by atoms with van der Waals surface area (Å²) in [6.07, 6.45) is 1.84. The molecule has 37 heavy (non-hydrogen) atoms. The van der Waals surface area contributed by atoms with Crippen LogP contribution in [0.2, 0.25) is 0 Å². The molecule has 1 amide bonds. The summed E-state index contributed by atoms with van der Waals surface area (Å²) in [7, 11) is 0. The second-order valence-corrected chi connectivity index (χ2v) is 9.80. The first-order valence-electron chi connectivity index (χ1n) is 13.0. The monoisotopic (exact) mass is 503 g/mol. The Morgan fingerprint density at radius 3 is 2.51 bits per heavy atom. The first-order chi connectivity index (χ1) is 17.9. The van der Waals surface area contributed by atoms with Crippen molar-refractivity contribution in [2.75, 3.05) is 49.5 Å². The zero-order valence-electron chi connectivity index (χ0n) is 22.1. The van der Waals surface area contributed by atoms with E-state index in [1.807, 2.05) is 25.8 Å². The summed E-state index contributed by atoms with van der Waals surface area (Å²) in [5, 5.41) is 7.49. The van der Waals surface area contributed by atoms with Gasteiger partial charge in [-0.25, -0.2) is 0 Å². The summed E-state index contributed by atoms with van der Waals surface area (Å²) in [6.45, 7) is 14.4. The minimum Gasteiger partial charge on any atom is -0.384 e. The molecule has 0 bridgehead atoms. The van der Waals surface area contributed by atoms with E-state index in [0.29, 0.717) is 12.1 Å². The van der Waals surface area contributed by atoms with Crippen LogP contribution >= 0.6 is 0 Å². The maximum Gasteiger partial charge on any atom is 0.253 e. The van der Waals surface area contributed by atoms with Crippen LogP contribution in [-0.2, 0) is 17.8 Å². The van der Waals surface area contributed by atoms with Crippen LogP contribution in [0.5, 0.6) is 0 Å². The van der Waals surface area contributed by atoms with Gasteiger partial charge < -0.3 is 25.3 Å². The molecule has 1 fully saturated rings. The topological polar surface area (TPSA) is 97.5 Å². The Morgan fingerprint density at radius 1 is 1.05 bits per heavy atom. The van der Waals surface area contributed by atoms with Crippen molar-refractivity contribution in [2.45, 2.75) is 40.2 Å². The number of hydrogen-bond acceptors (Lipinski definition) is 6. The predicted molar refractivity (Wildman–Crippen MR) is 150 cm³/mol. The predicted octanol–water partition coefficient (Wildman–Crippen LogP) is 3.39. The van der Waals surface area contributed by atoms with Crippen molar-refractivity contribution < 1.29 is 9.59 Å². The zero-order valence-corrected chi connectivity index (χ0v) is 22.1. The van der Waals surface area contributed by atoms with Gasteiger partial charge in [-0.2, -0.15) is 0 Å². The van der Waals surface area contributed by atoms with Crippen molar-refractivity contribution in [3.05, 3.63) is 68.5 Å². The van der Waals surface area contributed by atoms with E-state index in [1.54, 1.807) is 0 Å². The van der Waals surface area contributed by atoms with Gasteiger partial charge in [0.25, 0.3) is 11.5 Å². The number of hydrogen-bond donors (Lipinski definition) is 3. The molecule has 0 saturated carbocycles. The van der Waals surface area contributed by atoms with Crippen LogP contribution in [0, 0.1) is 13.8 Å². The molecule has 2 aliphatic heterocycles. The largest absolute Gasteiger partial charge is 0.384 e. The molecule has 3 heterocycles. The molecule has 2 aromatic carbocycles. The van der Waals surface area contributed by atoms with Gasteiger partial charge in [0.15, 0.2) is 0 Å². The van der Waals surface area contributed by atoms with Gasteiger partial charge >= 0.3 is 0 Å². The lowest BCUT2D eigenvalue weighted by Crippen LogP contribution is -2.46. The standard InChI is InChI=1S/C28H35N5O2.CH2O/c1-4-29-27(34)21-7-8-24(18(2)15-21)33-12-10-32(11-13-33)17-20-14-19(3)25-23(16-20)31-28(35)22-6-5-9-30-26(22)25;1-2/h7-8,14-16,30H,4-6,9-13,17H2,1-3H3,(H,29,34)(H,31,35);1H2. The molecule has 0 atom stereocenters. The van der Waals surface area contributed by atoms with E-state index in [9.17, 15) is 9.59 Å². The number of H-pyrrole nitrogens is 1. The summed E-state index contributed by atoms with van der Waals surface area (Å²) < 4.78 is 0. The molecule has 8 heteroatoms. The number of amides is 1. The average Bonchev–Trinajstić information content (AvgIpc) is 2.90. The van der Waals surface area contributed by atoms with E-state index in [4.69, 9.17) is 4.79 Å². The Hall–Kier alpha value is -3.65. The molecule has 0 spiro atoms. The number of aryl methyl sites for hydroxylation is 2. The Morgan fingerprint density at radius 2 is 1.81 bits per heavy atom.